The van der Waals surface area contributed by atoms with Gasteiger partial charge in [0.1, 0.15) is 0 Å². The van der Waals surface area contributed by atoms with E-state index in [-0.39, 0.29) is 24.4 Å². The second kappa shape index (κ2) is 6.45. The van der Waals surface area contributed by atoms with E-state index in [1.165, 1.54) is 12.8 Å². The first-order valence-corrected chi connectivity index (χ1v) is 6.05. The SMILES string of the molecule is CCCC(C)(N)C(=O)NC(C)CC1CC1.Cl. The van der Waals surface area contributed by atoms with Gasteiger partial charge < -0.3 is 11.1 Å². The highest BCUT2D eigenvalue weighted by Crippen LogP contribution is 2.33. The summed E-state index contributed by atoms with van der Waals surface area (Å²) < 4.78 is 0. The largest absolute Gasteiger partial charge is 0.352 e. The molecule has 2 unspecified atom stereocenters. The first kappa shape index (κ1) is 15.7. The summed E-state index contributed by atoms with van der Waals surface area (Å²) in [4.78, 5) is 11.8. The molecule has 0 aliphatic heterocycles. The van der Waals surface area contributed by atoms with Crippen molar-refractivity contribution in [3.63, 3.8) is 0 Å². The first-order valence-electron chi connectivity index (χ1n) is 6.05. The molecular formula is C12H25ClN2O. The molecule has 1 amide bonds. The zero-order valence-electron chi connectivity index (χ0n) is 10.6. The molecule has 1 aliphatic rings. The Bertz CT molecular complexity index is 227. The van der Waals surface area contributed by atoms with Gasteiger partial charge in [0.25, 0.3) is 0 Å². The summed E-state index contributed by atoms with van der Waals surface area (Å²) in [5.41, 5.74) is 5.25. The van der Waals surface area contributed by atoms with Crippen LogP contribution in [0.15, 0.2) is 0 Å². The summed E-state index contributed by atoms with van der Waals surface area (Å²) >= 11 is 0. The Labute approximate surface area is 105 Å². The molecule has 3 nitrogen and oxygen atoms in total. The molecule has 4 heteroatoms. The number of hydrogen-bond donors (Lipinski definition) is 2. The first-order chi connectivity index (χ1) is 6.95. The van der Waals surface area contributed by atoms with Gasteiger partial charge in [-0.1, -0.05) is 26.2 Å². The lowest BCUT2D eigenvalue weighted by Gasteiger charge is -2.25. The second-order valence-electron chi connectivity index (χ2n) is 5.22. The highest BCUT2D eigenvalue weighted by atomic mass is 35.5. The number of carbonyl (C=O) groups is 1. The average molecular weight is 249 g/mol. The number of halogens is 1. The van der Waals surface area contributed by atoms with E-state index in [0.29, 0.717) is 0 Å². The number of nitrogens with two attached hydrogens (primary N) is 1. The van der Waals surface area contributed by atoms with Crippen LogP contribution in [0.4, 0.5) is 0 Å². The van der Waals surface area contributed by atoms with Gasteiger partial charge in [-0.3, -0.25) is 4.79 Å². The maximum absolute atomic E-state index is 11.8. The van der Waals surface area contributed by atoms with Gasteiger partial charge in [-0.05, 0) is 32.6 Å². The van der Waals surface area contributed by atoms with E-state index >= 15 is 0 Å². The molecule has 1 aliphatic carbocycles. The van der Waals surface area contributed by atoms with Crippen molar-refractivity contribution in [2.24, 2.45) is 11.7 Å². The van der Waals surface area contributed by atoms with Crippen molar-refractivity contribution in [1.29, 1.82) is 0 Å². The second-order valence-corrected chi connectivity index (χ2v) is 5.22. The summed E-state index contributed by atoms with van der Waals surface area (Å²) in [7, 11) is 0. The van der Waals surface area contributed by atoms with Gasteiger partial charge in [0.15, 0.2) is 0 Å². The third-order valence-corrected chi connectivity index (χ3v) is 3.05. The van der Waals surface area contributed by atoms with Crippen LogP contribution in [0.5, 0.6) is 0 Å². The highest BCUT2D eigenvalue weighted by molar-refractivity contribution is 5.85. The standard InChI is InChI=1S/C12H24N2O.ClH/c1-4-7-12(3,13)11(15)14-9(2)8-10-5-6-10;/h9-10H,4-8,13H2,1-3H3,(H,14,15);1H. The van der Waals surface area contributed by atoms with E-state index in [1.807, 2.05) is 13.8 Å². The molecule has 96 valence electrons. The highest BCUT2D eigenvalue weighted by Gasteiger charge is 2.30. The lowest BCUT2D eigenvalue weighted by Crippen LogP contribution is -2.53. The normalized spacial score (nSPS) is 20.5. The van der Waals surface area contributed by atoms with Gasteiger partial charge in [-0.15, -0.1) is 12.4 Å². The van der Waals surface area contributed by atoms with Gasteiger partial charge in [0, 0.05) is 6.04 Å². The molecule has 0 bridgehead atoms. The summed E-state index contributed by atoms with van der Waals surface area (Å²) in [6.45, 7) is 5.93. The molecule has 0 spiro atoms. The van der Waals surface area contributed by atoms with Gasteiger partial charge >= 0.3 is 0 Å². The maximum atomic E-state index is 11.8. The molecular weight excluding hydrogens is 224 g/mol. The van der Waals surface area contributed by atoms with Crippen LogP contribution >= 0.6 is 12.4 Å². The van der Waals surface area contributed by atoms with Crippen LogP contribution in [0.1, 0.15) is 52.9 Å². The Kier molecular flexibility index (Phi) is 6.34. The van der Waals surface area contributed by atoms with E-state index in [9.17, 15) is 4.79 Å². The van der Waals surface area contributed by atoms with E-state index in [2.05, 4.69) is 12.2 Å². The van der Waals surface area contributed by atoms with Gasteiger partial charge in [-0.25, -0.2) is 0 Å². The summed E-state index contributed by atoms with van der Waals surface area (Å²) in [6.07, 6.45) is 5.45. The molecule has 0 aromatic heterocycles. The van der Waals surface area contributed by atoms with Crippen LogP contribution in [-0.4, -0.2) is 17.5 Å². The lowest BCUT2D eigenvalue weighted by molar-refractivity contribution is -0.126. The van der Waals surface area contributed by atoms with Gasteiger partial charge in [0.05, 0.1) is 5.54 Å². The lowest BCUT2D eigenvalue weighted by atomic mass is 9.96. The molecule has 2 atom stereocenters. The van der Waals surface area contributed by atoms with Crippen LogP contribution < -0.4 is 11.1 Å². The Morgan fingerprint density at radius 1 is 1.56 bits per heavy atom. The summed E-state index contributed by atoms with van der Waals surface area (Å²) in [5.74, 6) is 0.841. The molecule has 0 aromatic carbocycles. The zero-order chi connectivity index (χ0) is 11.5. The van der Waals surface area contributed by atoms with Crippen LogP contribution in [0.3, 0.4) is 0 Å². The number of nitrogens with one attached hydrogen (secondary N) is 1. The molecule has 1 saturated carbocycles. The van der Waals surface area contributed by atoms with Crippen molar-refractivity contribution in [1.82, 2.24) is 5.32 Å². The predicted octanol–water partition coefficient (Wildman–Crippen LogP) is 2.23. The smallest absolute Gasteiger partial charge is 0.240 e. The van der Waals surface area contributed by atoms with Crippen LogP contribution in [0.2, 0.25) is 0 Å². The molecule has 3 N–H and O–H groups in total. The Morgan fingerprint density at radius 2 is 2.12 bits per heavy atom. The maximum Gasteiger partial charge on any atom is 0.240 e. The van der Waals surface area contributed by atoms with Crippen molar-refractivity contribution < 1.29 is 4.79 Å². The monoisotopic (exact) mass is 248 g/mol. The van der Waals surface area contributed by atoms with Crippen molar-refractivity contribution in [2.45, 2.75) is 64.5 Å². The quantitative estimate of drug-likeness (QED) is 0.758. The number of hydrogen-bond acceptors (Lipinski definition) is 2. The van der Waals surface area contributed by atoms with Crippen molar-refractivity contribution in [2.75, 3.05) is 0 Å². The number of rotatable bonds is 6. The minimum Gasteiger partial charge on any atom is -0.352 e. The fourth-order valence-electron chi connectivity index (χ4n) is 1.93. The zero-order valence-corrected chi connectivity index (χ0v) is 11.4. The third kappa shape index (κ3) is 5.17. The summed E-state index contributed by atoms with van der Waals surface area (Å²) in [5, 5.41) is 3.01. The minimum atomic E-state index is -0.702. The Balaban J connectivity index is 0.00000225. The topological polar surface area (TPSA) is 55.1 Å². The Morgan fingerprint density at radius 3 is 2.56 bits per heavy atom. The molecule has 1 fully saturated rings. The molecule has 1 rings (SSSR count). The van der Waals surface area contributed by atoms with Gasteiger partial charge in [0.2, 0.25) is 5.91 Å². The average Bonchev–Trinajstić information content (AvgIpc) is 2.87. The van der Waals surface area contributed by atoms with E-state index in [0.717, 1.165) is 25.2 Å². The van der Waals surface area contributed by atoms with Gasteiger partial charge in [-0.2, -0.15) is 0 Å². The fourth-order valence-corrected chi connectivity index (χ4v) is 1.93. The summed E-state index contributed by atoms with van der Waals surface area (Å²) in [6, 6.07) is 0.268. The van der Waals surface area contributed by atoms with Crippen LogP contribution in [-0.2, 0) is 4.79 Å². The van der Waals surface area contributed by atoms with Crippen LogP contribution in [0, 0.1) is 5.92 Å². The van der Waals surface area contributed by atoms with E-state index in [4.69, 9.17) is 5.73 Å². The molecule has 0 saturated heterocycles. The third-order valence-electron chi connectivity index (χ3n) is 3.05. The van der Waals surface area contributed by atoms with Crippen molar-refractivity contribution in [3.05, 3.63) is 0 Å². The molecule has 0 radical (unpaired) electrons. The number of carbonyl (C=O) groups excluding carboxylic acids is 1. The minimum absolute atomic E-state index is 0. The number of amides is 1. The van der Waals surface area contributed by atoms with E-state index in [1.54, 1.807) is 0 Å². The predicted molar refractivity (Wildman–Crippen MR) is 69.7 cm³/mol. The van der Waals surface area contributed by atoms with E-state index < -0.39 is 5.54 Å². The molecule has 0 aromatic rings. The Hall–Kier alpha value is -0.280. The van der Waals surface area contributed by atoms with Crippen molar-refractivity contribution in [3.8, 4) is 0 Å². The molecule has 16 heavy (non-hydrogen) atoms. The van der Waals surface area contributed by atoms with Crippen LogP contribution in [0.25, 0.3) is 0 Å². The molecule has 0 heterocycles. The fraction of sp³-hybridized carbons (Fsp3) is 0.917. The van der Waals surface area contributed by atoms with Crippen molar-refractivity contribution >= 4 is 18.3 Å².